The summed E-state index contributed by atoms with van der Waals surface area (Å²) < 4.78 is 37.0. The smallest absolute Gasteiger partial charge is 0.358 e. The fourth-order valence-corrected chi connectivity index (χ4v) is 1.33. The summed E-state index contributed by atoms with van der Waals surface area (Å²) in [5, 5.41) is 7.37. The Morgan fingerprint density at radius 2 is 1.60 bits per heavy atom. The number of hydrogen-bond acceptors (Lipinski definition) is 3. The number of hydrogen-bond donors (Lipinski definition) is 3. The third-order valence-corrected chi connectivity index (χ3v) is 2.35. The van der Waals surface area contributed by atoms with E-state index in [1.165, 1.54) is 19.2 Å². The number of carbonyl (C=O) groups is 2. The summed E-state index contributed by atoms with van der Waals surface area (Å²) in [6, 6.07) is 4.10. The van der Waals surface area contributed by atoms with Gasteiger partial charge in [0.1, 0.15) is 0 Å². The van der Waals surface area contributed by atoms with Gasteiger partial charge < -0.3 is 10.6 Å². The van der Waals surface area contributed by atoms with Crippen LogP contribution in [0.5, 0.6) is 0 Å². The zero-order valence-electron chi connectivity index (χ0n) is 10.7. The number of anilines is 1. The van der Waals surface area contributed by atoms with Crippen molar-refractivity contribution in [1.82, 2.24) is 10.6 Å². The van der Waals surface area contributed by atoms with Crippen LogP contribution >= 0.6 is 0 Å². The summed E-state index contributed by atoms with van der Waals surface area (Å²) in [6.07, 6.45) is -4.41. The number of likely N-dealkylation sites (N-methyl/N-ethyl adjacent to an activating group) is 1. The van der Waals surface area contributed by atoms with Crippen molar-refractivity contribution in [3.8, 4) is 0 Å². The number of amides is 2. The Hall–Kier alpha value is -2.09. The van der Waals surface area contributed by atoms with E-state index in [1.54, 1.807) is 0 Å². The van der Waals surface area contributed by atoms with E-state index in [0.717, 1.165) is 12.1 Å². The highest BCUT2D eigenvalue weighted by molar-refractivity contribution is 5.92. The van der Waals surface area contributed by atoms with Gasteiger partial charge in [0, 0.05) is 12.7 Å². The minimum Gasteiger partial charge on any atom is -0.358 e. The zero-order valence-corrected chi connectivity index (χ0v) is 10.7. The number of halogens is 3. The molecular weight excluding hydrogens is 275 g/mol. The van der Waals surface area contributed by atoms with Crippen molar-refractivity contribution in [3.05, 3.63) is 29.8 Å². The number of alkyl halides is 3. The lowest BCUT2D eigenvalue weighted by Crippen LogP contribution is -2.36. The molecule has 3 N–H and O–H groups in total. The van der Waals surface area contributed by atoms with E-state index in [9.17, 15) is 22.8 Å². The first kappa shape index (κ1) is 16.0. The lowest BCUT2D eigenvalue weighted by atomic mass is 10.2. The lowest BCUT2D eigenvalue weighted by Gasteiger charge is -2.09. The molecule has 0 bridgehead atoms. The fraction of sp³-hybridized carbons (Fsp3) is 0.333. The van der Waals surface area contributed by atoms with Gasteiger partial charge in [0.25, 0.3) is 0 Å². The first-order chi connectivity index (χ1) is 9.32. The highest BCUT2D eigenvalue weighted by Crippen LogP contribution is 2.29. The lowest BCUT2D eigenvalue weighted by molar-refractivity contribution is -0.137. The molecule has 0 spiro atoms. The van der Waals surface area contributed by atoms with Gasteiger partial charge in [0.15, 0.2) is 0 Å². The molecule has 0 aliphatic rings. The number of rotatable bonds is 5. The van der Waals surface area contributed by atoms with E-state index in [0.29, 0.717) is 0 Å². The molecule has 2 amide bonds. The topological polar surface area (TPSA) is 70.2 Å². The van der Waals surface area contributed by atoms with Gasteiger partial charge in [-0.05, 0) is 24.3 Å². The molecule has 1 aromatic rings. The Morgan fingerprint density at radius 3 is 2.10 bits per heavy atom. The maximum atomic E-state index is 12.3. The van der Waals surface area contributed by atoms with Crippen molar-refractivity contribution >= 4 is 17.5 Å². The van der Waals surface area contributed by atoms with Crippen molar-refractivity contribution in [3.63, 3.8) is 0 Å². The summed E-state index contributed by atoms with van der Waals surface area (Å²) in [7, 11) is 1.46. The number of carbonyl (C=O) groups excluding carboxylic acids is 2. The Morgan fingerprint density at radius 1 is 1.05 bits per heavy atom. The van der Waals surface area contributed by atoms with Gasteiger partial charge in [-0.3, -0.25) is 14.9 Å². The Balaban J connectivity index is 2.44. The minimum atomic E-state index is -4.41. The molecule has 0 radical (unpaired) electrons. The van der Waals surface area contributed by atoms with Crippen LogP contribution in [0.3, 0.4) is 0 Å². The van der Waals surface area contributed by atoms with E-state index < -0.39 is 17.6 Å². The molecule has 8 heteroatoms. The molecular formula is C12H14F3N3O2. The molecule has 0 atom stereocenters. The first-order valence-electron chi connectivity index (χ1n) is 5.71. The molecule has 0 heterocycles. The van der Waals surface area contributed by atoms with Gasteiger partial charge in [-0.15, -0.1) is 0 Å². The molecule has 0 fully saturated rings. The Labute approximate surface area is 113 Å². The zero-order chi connectivity index (χ0) is 15.2. The average Bonchev–Trinajstić information content (AvgIpc) is 2.38. The maximum Gasteiger partial charge on any atom is 0.416 e. The summed E-state index contributed by atoms with van der Waals surface area (Å²) in [5.74, 6) is -0.721. The van der Waals surface area contributed by atoms with Crippen LogP contribution in [0, 0.1) is 0 Å². The van der Waals surface area contributed by atoms with Crippen LogP contribution in [0.25, 0.3) is 0 Å². The molecule has 1 aromatic carbocycles. The molecule has 0 aromatic heterocycles. The second-order valence-corrected chi connectivity index (χ2v) is 3.90. The average molecular weight is 289 g/mol. The second-order valence-electron chi connectivity index (χ2n) is 3.90. The van der Waals surface area contributed by atoms with Gasteiger partial charge >= 0.3 is 6.18 Å². The van der Waals surface area contributed by atoms with Crippen LogP contribution < -0.4 is 16.0 Å². The summed E-state index contributed by atoms with van der Waals surface area (Å²) >= 11 is 0. The van der Waals surface area contributed by atoms with Gasteiger partial charge in [-0.2, -0.15) is 13.2 Å². The fourth-order valence-electron chi connectivity index (χ4n) is 1.33. The monoisotopic (exact) mass is 289 g/mol. The standard InChI is InChI=1S/C12H14F3N3O2/c1-16-10(19)6-17-7-11(20)18-9-4-2-8(3-5-9)12(13,14)15/h2-5,17H,6-7H2,1H3,(H,16,19)(H,18,20). The highest BCUT2D eigenvalue weighted by atomic mass is 19.4. The van der Waals surface area contributed by atoms with Crippen molar-refractivity contribution in [2.45, 2.75) is 6.18 Å². The molecule has 0 saturated heterocycles. The molecule has 20 heavy (non-hydrogen) atoms. The summed E-state index contributed by atoms with van der Waals surface area (Å²) in [5.41, 5.74) is -0.530. The van der Waals surface area contributed by atoms with E-state index in [4.69, 9.17) is 0 Å². The molecule has 0 aliphatic heterocycles. The highest BCUT2D eigenvalue weighted by Gasteiger charge is 2.29. The molecule has 110 valence electrons. The number of benzene rings is 1. The van der Waals surface area contributed by atoms with E-state index >= 15 is 0 Å². The Kier molecular flexibility index (Phi) is 5.51. The van der Waals surface area contributed by atoms with Gasteiger partial charge in [-0.25, -0.2) is 0 Å². The van der Waals surface area contributed by atoms with Gasteiger partial charge in [0.2, 0.25) is 11.8 Å². The van der Waals surface area contributed by atoms with Crippen LogP contribution in [0.15, 0.2) is 24.3 Å². The third-order valence-electron chi connectivity index (χ3n) is 2.35. The predicted octanol–water partition coefficient (Wildman–Crippen LogP) is 0.979. The SMILES string of the molecule is CNC(=O)CNCC(=O)Nc1ccc(C(F)(F)F)cc1. The van der Waals surface area contributed by atoms with Crippen LogP contribution in [-0.4, -0.2) is 32.0 Å². The van der Waals surface area contributed by atoms with Crippen LogP contribution in [0.2, 0.25) is 0 Å². The largest absolute Gasteiger partial charge is 0.416 e. The normalized spacial score (nSPS) is 11.0. The van der Waals surface area contributed by atoms with E-state index in [2.05, 4.69) is 16.0 Å². The van der Waals surface area contributed by atoms with Crippen molar-refractivity contribution < 1.29 is 22.8 Å². The van der Waals surface area contributed by atoms with Crippen LogP contribution in [0.1, 0.15) is 5.56 Å². The van der Waals surface area contributed by atoms with Crippen molar-refractivity contribution in [2.75, 3.05) is 25.5 Å². The summed E-state index contributed by atoms with van der Waals surface area (Å²) in [4.78, 5) is 22.3. The van der Waals surface area contributed by atoms with E-state index in [1.807, 2.05) is 0 Å². The van der Waals surface area contributed by atoms with E-state index in [-0.39, 0.29) is 24.7 Å². The molecule has 0 saturated carbocycles. The predicted molar refractivity (Wildman–Crippen MR) is 67.0 cm³/mol. The second kappa shape index (κ2) is 6.90. The molecule has 0 unspecified atom stereocenters. The maximum absolute atomic E-state index is 12.3. The van der Waals surface area contributed by atoms with Crippen LogP contribution in [0.4, 0.5) is 18.9 Å². The van der Waals surface area contributed by atoms with Crippen molar-refractivity contribution in [1.29, 1.82) is 0 Å². The quantitative estimate of drug-likeness (QED) is 0.757. The third kappa shape index (κ3) is 5.27. The molecule has 1 rings (SSSR count). The molecule has 5 nitrogen and oxygen atoms in total. The van der Waals surface area contributed by atoms with Crippen molar-refractivity contribution in [2.24, 2.45) is 0 Å². The minimum absolute atomic E-state index is 0.0169. The molecule has 0 aliphatic carbocycles. The Bertz CT molecular complexity index is 472. The van der Waals surface area contributed by atoms with Gasteiger partial charge in [0.05, 0.1) is 18.7 Å². The first-order valence-corrected chi connectivity index (χ1v) is 5.71. The van der Waals surface area contributed by atoms with Crippen LogP contribution in [-0.2, 0) is 15.8 Å². The van der Waals surface area contributed by atoms with Gasteiger partial charge in [-0.1, -0.05) is 0 Å². The number of nitrogens with one attached hydrogen (secondary N) is 3. The summed E-state index contributed by atoms with van der Waals surface area (Å²) in [6.45, 7) is -0.134.